The molecule has 0 amide bonds. The van der Waals surface area contributed by atoms with Crippen LogP contribution in [0.1, 0.15) is 18.0 Å². The highest BCUT2D eigenvalue weighted by atomic mass is 35.5. The van der Waals surface area contributed by atoms with Crippen molar-refractivity contribution in [2.45, 2.75) is 12.5 Å². The smallest absolute Gasteiger partial charge is 0.123 e. The number of nitrogens with two attached hydrogens (primary N) is 2. The van der Waals surface area contributed by atoms with Crippen molar-refractivity contribution >= 4 is 12.4 Å². The standard InChI is InChI=1S/C9H13FN2O.ClH/c10-6-1-2-9(13)7(5-6)8(12)3-4-11;/h1-2,5,8,13H,3-4,11-12H2;1H/t8-;/m1./s1. The Bertz CT molecular complexity index is 296. The molecule has 14 heavy (non-hydrogen) atoms. The molecule has 80 valence electrons. The van der Waals surface area contributed by atoms with Gasteiger partial charge >= 0.3 is 0 Å². The van der Waals surface area contributed by atoms with E-state index in [4.69, 9.17) is 11.5 Å². The van der Waals surface area contributed by atoms with Gasteiger partial charge in [-0.05, 0) is 31.2 Å². The van der Waals surface area contributed by atoms with Crippen molar-refractivity contribution in [3.63, 3.8) is 0 Å². The molecule has 0 bridgehead atoms. The van der Waals surface area contributed by atoms with Crippen LogP contribution in [-0.4, -0.2) is 11.7 Å². The van der Waals surface area contributed by atoms with Gasteiger partial charge < -0.3 is 16.6 Å². The Hall–Kier alpha value is -0.840. The van der Waals surface area contributed by atoms with Crippen LogP contribution >= 0.6 is 12.4 Å². The third kappa shape index (κ3) is 3.14. The summed E-state index contributed by atoms with van der Waals surface area (Å²) in [5.41, 5.74) is 11.4. The van der Waals surface area contributed by atoms with Crippen LogP contribution in [0.5, 0.6) is 5.75 Å². The van der Waals surface area contributed by atoms with Gasteiger partial charge in [-0.2, -0.15) is 0 Å². The van der Waals surface area contributed by atoms with Crippen LogP contribution in [0.2, 0.25) is 0 Å². The molecule has 0 fully saturated rings. The van der Waals surface area contributed by atoms with Gasteiger partial charge in [0.05, 0.1) is 0 Å². The van der Waals surface area contributed by atoms with E-state index in [0.29, 0.717) is 18.5 Å². The van der Waals surface area contributed by atoms with Gasteiger partial charge in [0.2, 0.25) is 0 Å². The zero-order chi connectivity index (χ0) is 9.84. The van der Waals surface area contributed by atoms with Crippen molar-refractivity contribution in [2.75, 3.05) is 6.54 Å². The fourth-order valence-corrected chi connectivity index (χ4v) is 1.16. The Labute approximate surface area is 88.3 Å². The summed E-state index contributed by atoms with van der Waals surface area (Å²) < 4.78 is 12.7. The van der Waals surface area contributed by atoms with Gasteiger partial charge in [-0.1, -0.05) is 0 Å². The molecule has 0 spiro atoms. The van der Waals surface area contributed by atoms with Crippen molar-refractivity contribution in [3.8, 4) is 5.75 Å². The Kier molecular flexibility index (Phi) is 5.45. The fourth-order valence-electron chi connectivity index (χ4n) is 1.16. The summed E-state index contributed by atoms with van der Waals surface area (Å²) in [5, 5.41) is 9.34. The molecule has 1 rings (SSSR count). The van der Waals surface area contributed by atoms with E-state index in [1.54, 1.807) is 0 Å². The topological polar surface area (TPSA) is 72.3 Å². The lowest BCUT2D eigenvalue weighted by Crippen LogP contribution is -2.15. The third-order valence-electron chi connectivity index (χ3n) is 1.87. The van der Waals surface area contributed by atoms with Crippen molar-refractivity contribution in [3.05, 3.63) is 29.6 Å². The number of hydrogen-bond acceptors (Lipinski definition) is 3. The lowest BCUT2D eigenvalue weighted by molar-refractivity contribution is 0.456. The summed E-state index contributed by atoms with van der Waals surface area (Å²) in [6.07, 6.45) is 0.525. The first-order valence-electron chi connectivity index (χ1n) is 4.09. The molecule has 0 radical (unpaired) electrons. The Balaban J connectivity index is 0.00000169. The van der Waals surface area contributed by atoms with E-state index < -0.39 is 11.9 Å². The summed E-state index contributed by atoms with van der Waals surface area (Å²) in [7, 11) is 0. The third-order valence-corrected chi connectivity index (χ3v) is 1.87. The monoisotopic (exact) mass is 220 g/mol. The second kappa shape index (κ2) is 5.80. The molecule has 0 unspecified atom stereocenters. The molecule has 1 aromatic rings. The van der Waals surface area contributed by atoms with Crippen molar-refractivity contribution < 1.29 is 9.50 Å². The maximum absolute atomic E-state index is 12.7. The summed E-state index contributed by atoms with van der Waals surface area (Å²) >= 11 is 0. The van der Waals surface area contributed by atoms with E-state index in [-0.39, 0.29) is 18.2 Å². The first-order chi connectivity index (χ1) is 6.15. The zero-order valence-electron chi connectivity index (χ0n) is 7.61. The van der Waals surface area contributed by atoms with E-state index >= 15 is 0 Å². The first kappa shape index (κ1) is 13.2. The van der Waals surface area contributed by atoms with Crippen molar-refractivity contribution in [1.82, 2.24) is 0 Å². The molecule has 0 aliphatic heterocycles. The van der Waals surface area contributed by atoms with Gasteiger partial charge in [0.15, 0.2) is 0 Å². The van der Waals surface area contributed by atoms with Crippen LogP contribution in [0, 0.1) is 5.82 Å². The number of halogens is 2. The quantitative estimate of drug-likeness (QED) is 0.719. The van der Waals surface area contributed by atoms with E-state index in [1.165, 1.54) is 18.2 Å². The van der Waals surface area contributed by atoms with Crippen LogP contribution in [-0.2, 0) is 0 Å². The number of hydrogen-bond donors (Lipinski definition) is 3. The minimum Gasteiger partial charge on any atom is -0.508 e. The maximum Gasteiger partial charge on any atom is 0.123 e. The summed E-state index contributed by atoms with van der Waals surface area (Å²) in [4.78, 5) is 0. The molecule has 1 aromatic carbocycles. The van der Waals surface area contributed by atoms with Gasteiger partial charge in [0, 0.05) is 11.6 Å². The summed E-state index contributed by atoms with van der Waals surface area (Å²) in [6.45, 7) is 0.414. The molecule has 0 saturated heterocycles. The molecular formula is C9H14ClFN2O. The van der Waals surface area contributed by atoms with Crippen LogP contribution in [0.4, 0.5) is 4.39 Å². The Morgan fingerprint density at radius 3 is 2.64 bits per heavy atom. The van der Waals surface area contributed by atoms with Crippen LogP contribution in [0.3, 0.4) is 0 Å². The highest BCUT2D eigenvalue weighted by Crippen LogP contribution is 2.24. The minimum absolute atomic E-state index is 0. The summed E-state index contributed by atoms with van der Waals surface area (Å²) in [6, 6.07) is 3.31. The number of phenols is 1. The second-order valence-electron chi connectivity index (χ2n) is 2.89. The summed E-state index contributed by atoms with van der Waals surface area (Å²) in [5.74, 6) is -0.386. The number of phenolic OH excluding ortho intramolecular Hbond substituents is 1. The minimum atomic E-state index is -0.403. The fraction of sp³-hybridized carbons (Fsp3) is 0.333. The van der Waals surface area contributed by atoms with E-state index in [2.05, 4.69) is 0 Å². The van der Waals surface area contributed by atoms with Crippen LogP contribution < -0.4 is 11.5 Å². The molecule has 0 aliphatic rings. The maximum atomic E-state index is 12.7. The zero-order valence-corrected chi connectivity index (χ0v) is 8.43. The number of benzene rings is 1. The predicted octanol–water partition coefficient (Wildman–Crippen LogP) is 1.30. The molecular weight excluding hydrogens is 207 g/mol. The molecule has 0 saturated carbocycles. The van der Waals surface area contributed by atoms with Crippen LogP contribution in [0.15, 0.2) is 18.2 Å². The molecule has 5 heteroatoms. The molecule has 3 nitrogen and oxygen atoms in total. The van der Waals surface area contributed by atoms with Crippen molar-refractivity contribution in [1.29, 1.82) is 0 Å². The number of aromatic hydroxyl groups is 1. The van der Waals surface area contributed by atoms with Gasteiger partial charge in [-0.25, -0.2) is 4.39 Å². The highest BCUT2D eigenvalue weighted by molar-refractivity contribution is 5.85. The van der Waals surface area contributed by atoms with Gasteiger partial charge in [-0.15, -0.1) is 12.4 Å². The molecule has 0 aromatic heterocycles. The molecule has 0 aliphatic carbocycles. The number of rotatable bonds is 3. The average Bonchev–Trinajstić information content (AvgIpc) is 2.09. The highest BCUT2D eigenvalue weighted by Gasteiger charge is 2.10. The Morgan fingerprint density at radius 2 is 2.07 bits per heavy atom. The average molecular weight is 221 g/mol. The van der Waals surface area contributed by atoms with Gasteiger partial charge in [0.25, 0.3) is 0 Å². The molecule has 0 heterocycles. The van der Waals surface area contributed by atoms with E-state index in [0.717, 1.165) is 0 Å². The van der Waals surface area contributed by atoms with Crippen molar-refractivity contribution in [2.24, 2.45) is 11.5 Å². The second-order valence-corrected chi connectivity index (χ2v) is 2.89. The van der Waals surface area contributed by atoms with Crippen LogP contribution in [0.25, 0.3) is 0 Å². The molecule has 1 atom stereocenters. The van der Waals surface area contributed by atoms with E-state index in [9.17, 15) is 9.50 Å². The lowest BCUT2D eigenvalue weighted by atomic mass is 10.0. The Morgan fingerprint density at radius 1 is 1.43 bits per heavy atom. The van der Waals surface area contributed by atoms with Gasteiger partial charge in [-0.3, -0.25) is 0 Å². The normalized spacial score (nSPS) is 11.9. The van der Waals surface area contributed by atoms with Gasteiger partial charge in [0.1, 0.15) is 11.6 Å². The SMILES string of the molecule is Cl.NCC[C@@H](N)c1cc(F)ccc1O. The van der Waals surface area contributed by atoms with E-state index in [1.807, 2.05) is 0 Å². The molecule has 5 N–H and O–H groups in total. The largest absolute Gasteiger partial charge is 0.508 e. The lowest BCUT2D eigenvalue weighted by Gasteiger charge is -2.12. The first-order valence-corrected chi connectivity index (χ1v) is 4.09. The predicted molar refractivity (Wildman–Crippen MR) is 55.9 cm³/mol.